The second-order valence-corrected chi connectivity index (χ2v) is 9.52. The van der Waals surface area contributed by atoms with Crippen LogP contribution in [0.3, 0.4) is 0 Å². The molecule has 1 amide bonds. The maximum atomic E-state index is 13.1. The molecule has 0 radical (unpaired) electrons. The molecule has 0 spiro atoms. The molecule has 0 aliphatic carbocycles. The van der Waals surface area contributed by atoms with Crippen LogP contribution in [0.4, 0.5) is 10.8 Å². The third kappa shape index (κ3) is 4.41. The van der Waals surface area contributed by atoms with Crippen molar-refractivity contribution in [2.24, 2.45) is 0 Å². The smallest absolute Gasteiger partial charge is 0.349 e. The van der Waals surface area contributed by atoms with Crippen LogP contribution >= 0.6 is 22.7 Å². The van der Waals surface area contributed by atoms with E-state index >= 15 is 0 Å². The number of aromatic nitrogens is 3. The molecule has 170 valence electrons. The number of anilines is 2. The average Bonchev–Trinajstić information content (AvgIpc) is 3.52. The first-order valence-corrected chi connectivity index (χ1v) is 12.5. The van der Waals surface area contributed by atoms with Gasteiger partial charge in [-0.1, -0.05) is 42.5 Å². The third-order valence-corrected chi connectivity index (χ3v) is 7.53. The Kier molecular flexibility index (Phi) is 6.21. The zero-order chi connectivity index (χ0) is 22.8. The average molecular weight is 482 g/mol. The quantitative estimate of drug-likeness (QED) is 0.453. The van der Waals surface area contributed by atoms with E-state index in [9.17, 15) is 9.59 Å². The van der Waals surface area contributed by atoms with Gasteiger partial charge < -0.3 is 15.0 Å². The van der Waals surface area contributed by atoms with Crippen molar-refractivity contribution in [1.29, 1.82) is 0 Å². The standard InChI is InChI=1S/C23H23N5O3S2/c1-2-15-6-3-4-7-16(15)24-18(29)14-28-21-20(19(25-22(28)30)17-8-5-13-32-17)26-23(33-21)27-9-11-31-12-10-27/h3-8,13H,2,9-12,14H2,1H3,(H,24,29). The third-order valence-electron chi connectivity index (χ3n) is 5.52. The zero-order valence-electron chi connectivity index (χ0n) is 18.1. The van der Waals surface area contributed by atoms with E-state index in [1.165, 1.54) is 27.2 Å². The first-order valence-electron chi connectivity index (χ1n) is 10.8. The Morgan fingerprint density at radius 3 is 2.73 bits per heavy atom. The Morgan fingerprint density at radius 2 is 1.97 bits per heavy atom. The van der Waals surface area contributed by atoms with Gasteiger partial charge in [-0.15, -0.1) is 11.3 Å². The van der Waals surface area contributed by atoms with Crippen molar-refractivity contribution in [1.82, 2.24) is 14.5 Å². The minimum atomic E-state index is -0.456. The molecule has 1 aliphatic heterocycles. The predicted molar refractivity (Wildman–Crippen MR) is 132 cm³/mol. The van der Waals surface area contributed by atoms with Crippen LogP contribution in [0, 0.1) is 0 Å². The topological polar surface area (TPSA) is 89.3 Å². The fourth-order valence-electron chi connectivity index (χ4n) is 3.83. The van der Waals surface area contributed by atoms with E-state index < -0.39 is 5.69 Å². The van der Waals surface area contributed by atoms with E-state index in [-0.39, 0.29) is 12.5 Å². The molecule has 1 aromatic carbocycles. The van der Waals surface area contributed by atoms with Crippen molar-refractivity contribution in [2.45, 2.75) is 19.9 Å². The molecule has 1 fully saturated rings. The van der Waals surface area contributed by atoms with E-state index in [1.54, 1.807) is 0 Å². The summed E-state index contributed by atoms with van der Waals surface area (Å²) in [6, 6.07) is 11.5. The number of morpholine rings is 1. The fraction of sp³-hybridized carbons (Fsp3) is 0.304. The van der Waals surface area contributed by atoms with Gasteiger partial charge in [0.1, 0.15) is 22.6 Å². The van der Waals surface area contributed by atoms with E-state index in [2.05, 4.69) is 15.2 Å². The number of rotatable bonds is 6. The molecule has 0 unspecified atom stereocenters. The summed E-state index contributed by atoms with van der Waals surface area (Å²) in [6.45, 7) is 4.66. The Morgan fingerprint density at radius 1 is 1.15 bits per heavy atom. The largest absolute Gasteiger partial charge is 0.378 e. The van der Waals surface area contributed by atoms with Crippen LogP contribution in [0.1, 0.15) is 12.5 Å². The zero-order valence-corrected chi connectivity index (χ0v) is 19.7. The summed E-state index contributed by atoms with van der Waals surface area (Å²) in [4.78, 5) is 38.9. The SMILES string of the molecule is CCc1ccccc1NC(=O)Cn1c(=O)nc(-c2cccs2)c2nc(N3CCOCC3)sc21. The van der Waals surface area contributed by atoms with Gasteiger partial charge in [-0.2, -0.15) is 4.98 Å². The summed E-state index contributed by atoms with van der Waals surface area (Å²) in [6.07, 6.45) is 0.801. The fourth-order valence-corrected chi connectivity index (χ4v) is 5.66. The number of ether oxygens (including phenoxy) is 1. The molecule has 0 saturated carbocycles. The lowest BCUT2D eigenvalue weighted by Crippen LogP contribution is -2.36. The molecular formula is C23H23N5O3S2. The predicted octanol–water partition coefficient (Wildman–Crippen LogP) is 3.62. The minimum Gasteiger partial charge on any atom is -0.378 e. The van der Waals surface area contributed by atoms with E-state index in [0.717, 1.165) is 40.8 Å². The van der Waals surface area contributed by atoms with Gasteiger partial charge >= 0.3 is 5.69 Å². The van der Waals surface area contributed by atoms with Crippen molar-refractivity contribution in [3.8, 4) is 10.6 Å². The van der Waals surface area contributed by atoms with Crippen LogP contribution in [0.15, 0.2) is 46.6 Å². The molecule has 1 saturated heterocycles. The van der Waals surface area contributed by atoms with E-state index in [1.807, 2.05) is 48.7 Å². The molecule has 0 bridgehead atoms. The van der Waals surface area contributed by atoms with Crippen LogP contribution in [0.25, 0.3) is 20.9 Å². The second kappa shape index (κ2) is 9.42. The second-order valence-electron chi connectivity index (χ2n) is 7.61. The number of carbonyl (C=O) groups excluding carboxylic acids is 1. The molecular weight excluding hydrogens is 458 g/mol. The number of nitrogens with zero attached hydrogens (tertiary/aromatic N) is 4. The molecule has 5 rings (SSSR count). The highest BCUT2D eigenvalue weighted by molar-refractivity contribution is 7.22. The molecule has 0 atom stereocenters. The lowest BCUT2D eigenvalue weighted by Gasteiger charge is -2.25. The molecule has 3 aromatic heterocycles. The molecule has 33 heavy (non-hydrogen) atoms. The van der Waals surface area contributed by atoms with Crippen molar-refractivity contribution in [3.63, 3.8) is 0 Å². The highest BCUT2D eigenvalue weighted by Crippen LogP contribution is 2.35. The molecule has 1 aliphatic rings. The van der Waals surface area contributed by atoms with Gasteiger partial charge in [-0.05, 0) is 29.5 Å². The normalized spacial score (nSPS) is 14.0. The van der Waals surface area contributed by atoms with Crippen LogP contribution in [-0.4, -0.2) is 46.7 Å². The van der Waals surface area contributed by atoms with Crippen LogP contribution in [0.2, 0.25) is 0 Å². The summed E-state index contributed by atoms with van der Waals surface area (Å²) < 4.78 is 6.89. The van der Waals surface area contributed by atoms with Crippen molar-refractivity contribution < 1.29 is 9.53 Å². The highest BCUT2D eigenvalue weighted by atomic mass is 32.1. The van der Waals surface area contributed by atoms with Gasteiger partial charge in [0.25, 0.3) is 0 Å². The number of nitrogens with one attached hydrogen (secondary N) is 1. The molecule has 8 nitrogen and oxygen atoms in total. The van der Waals surface area contributed by atoms with Crippen molar-refractivity contribution >= 4 is 49.7 Å². The first kappa shape index (κ1) is 21.7. The van der Waals surface area contributed by atoms with Gasteiger partial charge in [0.15, 0.2) is 5.13 Å². The van der Waals surface area contributed by atoms with Crippen LogP contribution in [-0.2, 0) is 22.5 Å². The summed E-state index contributed by atoms with van der Waals surface area (Å²) in [7, 11) is 0. The number of carbonyl (C=O) groups is 1. The maximum Gasteiger partial charge on any atom is 0.349 e. The summed E-state index contributed by atoms with van der Waals surface area (Å²) >= 11 is 2.93. The van der Waals surface area contributed by atoms with Crippen LogP contribution in [0.5, 0.6) is 0 Å². The Labute approximate surface area is 198 Å². The van der Waals surface area contributed by atoms with Gasteiger partial charge in [0, 0.05) is 18.8 Å². The molecule has 4 aromatic rings. The lowest BCUT2D eigenvalue weighted by atomic mass is 10.1. The van der Waals surface area contributed by atoms with Crippen LogP contribution < -0.4 is 15.9 Å². The Hall–Kier alpha value is -3.08. The van der Waals surface area contributed by atoms with Crippen molar-refractivity contribution in [3.05, 3.63) is 57.8 Å². The number of aryl methyl sites for hydroxylation is 1. The highest BCUT2D eigenvalue weighted by Gasteiger charge is 2.22. The first-order chi connectivity index (χ1) is 16.1. The Balaban J connectivity index is 1.54. The number of amides is 1. The Bertz CT molecular complexity index is 1340. The summed E-state index contributed by atoms with van der Waals surface area (Å²) in [5.41, 5.74) is 2.55. The van der Waals surface area contributed by atoms with Gasteiger partial charge in [-0.3, -0.25) is 9.36 Å². The number of benzene rings is 1. The van der Waals surface area contributed by atoms with Gasteiger partial charge in [0.05, 0.1) is 18.1 Å². The number of fused-ring (bicyclic) bond motifs is 1. The number of thiazole rings is 1. The van der Waals surface area contributed by atoms with E-state index in [4.69, 9.17) is 9.72 Å². The molecule has 10 heteroatoms. The monoisotopic (exact) mass is 481 g/mol. The van der Waals surface area contributed by atoms with Crippen molar-refractivity contribution in [2.75, 3.05) is 36.5 Å². The van der Waals surface area contributed by atoms with Gasteiger partial charge in [-0.25, -0.2) is 9.78 Å². The molecule has 4 heterocycles. The number of hydrogen-bond acceptors (Lipinski definition) is 8. The maximum absolute atomic E-state index is 13.1. The molecule has 1 N–H and O–H groups in total. The minimum absolute atomic E-state index is 0.129. The summed E-state index contributed by atoms with van der Waals surface area (Å²) in [5, 5.41) is 5.70. The summed E-state index contributed by atoms with van der Waals surface area (Å²) in [5.74, 6) is -0.272. The van der Waals surface area contributed by atoms with Gasteiger partial charge in [0.2, 0.25) is 5.91 Å². The number of para-hydroxylation sites is 1. The number of hydrogen-bond donors (Lipinski definition) is 1. The number of thiophene rings is 1. The van der Waals surface area contributed by atoms with E-state index in [0.29, 0.717) is 29.3 Å². The lowest BCUT2D eigenvalue weighted by molar-refractivity contribution is -0.116.